The Labute approximate surface area is 103 Å². The molecule has 0 bridgehead atoms. The van der Waals surface area contributed by atoms with E-state index in [-0.39, 0.29) is 0 Å². The van der Waals surface area contributed by atoms with Crippen LogP contribution in [0.3, 0.4) is 0 Å². The highest BCUT2D eigenvalue weighted by Crippen LogP contribution is 2.22. The fourth-order valence-corrected chi connectivity index (χ4v) is 1.61. The van der Waals surface area contributed by atoms with Gasteiger partial charge in [0.25, 0.3) is 0 Å². The molecule has 88 valence electrons. The Morgan fingerprint density at radius 3 is 2.61 bits per heavy atom. The van der Waals surface area contributed by atoms with Crippen molar-refractivity contribution in [2.45, 2.75) is 0 Å². The zero-order valence-electron chi connectivity index (χ0n) is 9.45. The van der Waals surface area contributed by atoms with Crippen LogP contribution >= 0.6 is 0 Å². The van der Waals surface area contributed by atoms with Crippen molar-refractivity contribution < 1.29 is 4.74 Å². The van der Waals surface area contributed by atoms with Crippen LogP contribution in [-0.4, -0.2) is 15.0 Å². The van der Waals surface area contributed by atoms with Crippen LogP contribution in [0.4, 0.5) is 5.82 Å². The summed E-state index contributed by atoms with van der Waals surface area (Å²) in [5, 5.41) is 0. The highest BCUT2D eigenvalue weighted by atomic mass is 16.5. The molecule has 2 N–H and O–H groups in total. The van der Waals surface area contributed by atoms with Gasteiger partial charge in [-0.1, -0.05) is 18.2 Å². The first-order valence-corrected chi connectivity index (χ1v) is 5.43. The van der Waals surface area contributed by atoms with E-state index < -0.39 is 0 Å². The van der Waals surface area contributed by atoms with Crippen molar-refractivity contribution in [2.24, 2.45) is 0 Å². The topological polar surface area (TPSA) is 73.9 Å². The SMILES string of the molecule is Nc1ncnc2ccc(Oc3ccccc3)nc12. The molecule has 0 unspecified atom stereocenters. The van der Waals surface area contributed by atoms with Crippen molar-refractivity contribution in [3.63, 3.8) is 0 Å². The third-order valence-corrected chi connectivity index (χ3v) is 2.45. The van der Waals surface area contributed by atoms with Crippen molar-refractivity contribution in [3.8, 4) is 11.6 Å². The number of rotatable bonds is 2. The van der Waals surface area contributed by atoms with Crippen LogP contribution in [0.5, 0.6) is 11.6 Å². The van der Waals surface area contributed by atoms with Crippen LogP contribution in [0.25, 0.3) is 11.0 Å². The quantitative estimate of drug-likeness (QED) is 0.742. The number of hydrogen-bond acceptors (Lipinski definition) is 5. The van der Waals surface area contributed by atoms with Crippen LogP contribution in [-0.2, 0) is 0 Å². The first-order chi connectivity index (χ1) is 8.83. The molecule has 0 atom stereocenters. The Kier molecular flexibility index (Phi) is 2.49. The van der Waals surface area contributed by atoms with Crippen LogP contribution in [0.1, 0.15) is 0 Å². The molecule has 2 heterocycles. The third kappa shape index (κ3) is 1.93. The summed E-state index contributed by atoms with van der Waals surface area (Å²) < 4.78 is 5.62. The molecule has 5 heteroatoms. The Morgan fingerprint density at radius 2 is 1.78 bits per heavy atom. The summed E-state index contributed by atoms with van der Waals surface area (Å²) in [4.78, 5) is 12.3. The highest BCUT2D eigenvalue weighted by Gasteiger charge is 2.04. The van der Waals surface area contributed by atoms with E-state index >= 15 is 0 Å². The maximum Gasteiger partial charge on any atom is 0.220 e. The molecule has 1 aromatic carbocycles. The zero-order chi connectivity index (χ0) is 12.4. The second-order valence-electron chi connectivity index (χ2n) is 3.69. The first-order valence-electron chi connectivity index (χ1n) is 5.43. The lowest BCUT2D eigenvalue weighted by Gasteiger charge is -2.05. The Morgan fingerprint density at radius 1 is 0.944 bits per heavy atom. The molecule has 0 aliphatic heterocycles. The van der Waals surface area contributed by atoms with Gasteiger partial charge in [-0.05, 0) is 18.2 Å². The number of nitrogens with two attached hydrogens (primary N) is 1. The lowest BCUT2D eigenvalue weighted by molar-refractivity contribution is 0.465. The second kappa shape index (κ2) is 4.29. The largest absolute Gasteiger partial charge is 0.439 e. The van der Waals surface area contributed by atoms with E-state index in [1.807, 2.05) is 30.3 Å². The van der Waals surface area contributed by atoms with Gasteiger partial charge in [0.15, 0.2) is 5.82 Å². The van der Waals surface area contributed by atoms with Gasteiger partial charge in [-0.2, -0.15) is 0 Å². The minimum atomic E-state index is 0.346. The predicted octanol–water partition coefficient (Wildman–Crippen LogP) is 2.40. The molecule has 3 rings (SSSR count). The number of ether oxygens (including phenoxy) is 1. The van der Waals surface area contributed by atoms with Gasteiger partial charge in [-0.25, -0.2) is 15.0 Å². The molecule has 5 nitrogen and oxygen atoms in total. The zero-order valence-corrected chi connectivity index (χ0v) is 9.45. The molecule has 3 aromatic rings. The normalized spacial score (nSPS) is 10.4. The van der Waals surface area contributed by atoms with E-state index in [2.05, 4.69) is 15.0 Å². The molecule has 0 saturated heterocycles. The van der Waals surface area contributed by atoms with Crippen LogP contribution < -0.4 is 10.5 Å². The van der Waals surface area contributed by atoms with Crippen molar-refractivity contribution >= 4 is 16.9 Å². The lowest BCUT2D eigenvalue weighted by Crippen LogP contribution is -1.96. The van der Waals surface area contributed by atoms with Crippen molar-refractivity contribution in [2.75, 3.05) is 5.73 Å². The summed E-state index contributed by atoms with van der Waals surface area (Å²) >= 11 is 0. The molecule has 0 saturated carbocycles. The maximum atomic E-state index is 5.75. The highest BCUT2D eigenvalue weighted by molar-refractivity contribution is 5.83. The molecule has 0 radical (unpaired) electrons. The monoisotopic (exact) mass is 238 g/mol. The Bertz CT molecular complexity index is 685. The van der Waals surface area contributed by atoms with Gasteiger partial charge >= 0.3 is 0 Å². The lowest BCUT2D eigenvalue weighted by atomic mass is 10.3. The fourth-order valence-electron chi connectivity index (χ4n) is 1.61. The summed E-state index contributed by atoms with van der Waals surface area (Å²) in [7, 11) is 0. The molecule has 0 fully saturated rings. The maximum absolute atomic E-state index is 5.75. The van der Waals surface area contributed by atoms with E-state index in [1.54, 1.807) is 12.1 Å². The second-order valence-corrected chi connectivity index (χ2v) is 3.69. The summed E-state index contributed by atoms with van der Waals surface area (Å²) in [5.74, 6) is 1.54. The van der Waals surface area contributed by atoms with E-state index in [0.717, 1.165) is 5.75 Å². The number of nitrogen functional groups attached to an aromatic ring is 1. The van der Waals surface area contributed by atoms with Gasteiger partial charge in [0.2, 0.25) is 5.88 Å². The van der Waals surface area contributed by atoms with Gasteiger partial charge < -0.3 is 10.5 Å². The molecule has 2 aromatic heterocycles. The number of aromatic nitrogens is 3. The molecule has 0 spiro atoms. The van der Waals surface area contributed by atoms with Crippen molar-refractivity contribution in [3.05, 3.63) is 48.8 Å². The summed E-state index contributed by atoms with van der Waals surface area (Å²) in [6.45, 7) is 0. The van der Waals surface area contributed by atoms with Crippen molar-refractivity contribution in [1.29, 1.82) is 0 Å². The van der Waals surface area contributed by atoms with Gasteiger partial charge in [0, 0.05) is 6.07 Å². The number of nitrogens with zero attached hydrogens (tertiary/aromatic N) is 3. The summed E-state index contributed by atoms with van der Waals surface area (Å²) in [6.07, 6.45) is 1.41. The van der Waals surface area contributed by atoms with Crippen LogP contribution in [0, 0.1) is 0 Å². The molecule has 0 aliphatic carbocycles. The first kappa shape index (κ1) is 10.5. The number of pyridine rings is 1. The Balaban J connectivity index is 2.01. The molecule has 0 amide bonds. The summed E-state index contributed by atoms with van der Waals surface area (Å²) in [6, 6.07) is 13.0. The van der Waals surface area contributed by atoms with Crippen molar-refractivity contribution in [1.82, 2.24) is 15.0 Å². The average molecular weight is 238 g/mol. The number of benzene rings is 1. The Hall–Kier alpha value is -2.69. The fraction of sp³-hybridized carbons (Fsp3) is 0. The van der Waals surface area contributed by atoms with E-state index in [1.165, 1.54) is 6.33 Å². The number of hydrogen-bond donors (Lipinski definition) is 1. The predicted molar refractivity (Wildman–Crippen MR) is 68.3 cm³/mol. The number of fused-ring (bicyclic) bond motifs is 1. The van der Waals surface area contributed by atoms with Gasteiger partial charge in [-0.15, -0.1) is 0 Å². The minimum absolute atomic E-state index is 0.346. The molecular weight excluding hydrogens is 228 g/mol. The van der Waals surface area contributed by atoms with E-state index in [4.69, 9.17) is 10.5 Å². The van der Waals surface area contributed by atoms with Gasteiger partial charge in [0.05, 0.1) is 5.52 Å². The number of para-hydroxylation sites is 1. The minimum Gasteiger partial charge on any atom is -0.439 e. The standard InChI is InChI=1S/C13H10N4O/c14-13-12-10(15-8-16-13)6-7-11(17-12)18-9-4-2-1-3-5-9/h1-8H,(H2,14,15,16). The van der Waals surface area contributed by atoms with E-state index in [9.17, 15) is 0 Å². The molecule has 18 heavy (non-hydrogen) atoms. The van der Waals surface area contributed by atoms with Gasteiger partial charge in [-0.3, -0.25) is 0 Å². The molecule has 0 aliphatic rings. The summed E-state index contributed by atoms with van der Waals surface area (Å²) in [5.41, 5.74) is 6.99. The van der Waals surface area contributed by atoms with E-state index in [0.29, 0.717) is 22.7 Å². The average Bonchev–Trinajstić information content (AvgIpc) is 2.41. The molecular formula is C13H10N4O. The number of anilines is 1. The van der Waals surface area contributed by atoms with Crippen LogP contribution in [0.15, 0.2) is 48.8 Å². The van der Waals surface area contributed by atoms with Crippen LogP contribution in [0.2, 0.25) is 0 Å². The smallest absolute Gasteiger partial charge is 0.220 e. The van der Waals surface area contributed by atoms with Gasteiger partial charge in [0.1, 0.15) is 17.6 Å². The third-order valence-electron chi connectivity index (χ3n) is 2.45.